The van der Waals surface area contributed by atoms with Crippen molar-refractivity contribution in [2.45, 2.75) is 37.8 Å². The average Bonchev–Trinajstić information content (AvgIpc) is 2.71. The number of aromatic nitrogens is 1. The largest absolute Gasteiger partial charge is 0.477 e. The van der Waals surface area contributed by atoms with Crippen LogP contribution in [0, 0.1) is 6.92 Å². The number of aromatic carboxylic acids is 1. The third kappa shape index (κ3) is 5.48. The highest BCUT2D eigenvalue weighted by molar-refractivity contribution is 8.01. The number of hydrogen-bond donors (Lipinski definition) is 1. The van der Waals surface area contributed by atoms with E-state index in [0.29, 0.717) is 23.8 Å². The Morgan fingerprint density at radius 2 is 2.05 bits per heavy atom. The molecule has 19 heavy (non-hydrogen) atoms. The molecule has 0 aromatic carbocycles. The summed E-state index contributed by atoms with van der Waals surface area (Å²) in [4.78, 5) is 15.5. The number of carboxylic acids is 1. The number of aryl methyl sites for hydroxylation is 1. The van der Waals surface area contributed by atoms with Gasteiger partial charge in [0.2, 0.25) is 0 Å². The Morgan fingerprint density at radius 3 is 2.53 bits per heavy atom. The van der Waals surface area contributed by atoms with Gasteiger partial charge in [-0.15, -0.1) is 11.3 Å². The Kier molecular flexibility index (Phi) is 7.37. The Labute approximate surface area is 121 Å². The molecule has 0 atom stereocenters. The molecule has 0 unspecified atom stereocenters. The second-order valence-corrected chi connectivity index (χ2v) is 6.02. The quantitative estimate of drug-likeness (QED) is 0.558. The van der Waals surface area contributed by atoms with Gasteiger partial charge in [-0.05, 0) is 20.8 Å². The van der Waals surface area contributed by atoms with Gasteiger partial charge in [0.05, 0.1) is 5.69 Å². The number of carboxylic acid groups (broad SMARTS) is 1. The molecule has 0 aliphatic rings. The molecule has 7 heteroatoms. The molecule has 0 saturated carbocycles. The summed E-state index contributed by atoms with van der Waals surface area (Å²) in [5.74, 6) is -0.125. The molecular weight excluding hydrogens is 286 g/mol. The topological polar surface area (TPSA) is 68.7 Å². The first-order valence-corrected chi connectivity index (χ1v) is 7.95. The van der Waals surface area contributed by atoms with Crippen LogP contribution in [0.2, 0.25) is 0 Å². The summed E-state index contributed by atoms with van der Waals surface area (Å²) in [5.41, 5.74) is 0.575. The van der Waals surface area contributed by atoms with Crippen LogP contribution in [-0.4, -0.2) is 41.3 Å². The molecule has 0 fully saturated rings. The van der Waals surface area contributed by atoms with Crippen molar-refractivity contribution in [2.75, 3.05) is 19.0 Å². The molecule has 0 spiro atoms. The maximum Gasteiger partial charge on any atom is 0.347 e. The fraction of sp³-hybridized carbons (Fsp3) is 0.667. The fourth-order valence-electron chi connectivity index (χ4n) is 1.46. The number of hydrogen-bond acceptors (Lipinski definition) is 6. The van der Waals surface area contributed by atoms with Gasteiger partial charge in [-0.1, -0.05) is 11.8 Å². The van der Waals surface area contributed by atoms with Gasteiger partial charge in [0.1, 0.15) is 4.88 Å². The van der Waals surface area contributed by atoms with Crippen LogP contribution < -0.4 is 0 Å². The Morgan fingerprint density at radius 1 is 1.42 bits per heavy atom. The minimum atomic E-state index is -0.914. The van der Waals surface area contributed by atoms with E-state index in [0.717, 1.165) is 16.5 Å². The second kappa shape index (κ2) is 8.52. The Bertz CT molecular complexity index is 402. The lowest BCUT2D eigenvalue weighted by atomic mass is 10.4. The molecule has 0 aliphatic heterocycles. The van der Waals surface area contributed by atoms with E-state index < -0.39 is 5.97 Å². The van der Waals surface area contributed by atoms with Crippen molar-refractivity contribution in [1.82, 2.24) is 4.98 Å². The molecule has 0 saturated heterocycles. The van der Waals surface area contributed by atoms with Crippen molar-refractivity contribution < 1.29 is 19.4 Å². The molecular formula is C12H19NO4S2. The zero-order valence-corrected chi connectivity index (χ0v) is 13.0. The van der Waals surface area contributed by atoms with Gasteiger partial charge in [-0.3, -0.25) is 0 Å². The van der Waals surface area contributed by atoms with Crippen LogP contribution in [0.3, 0.4) is 0 Å². The smallest absolute Gasteiger partial charge is 0.347 e. The molecule has 0 bridgehead atoms. The molecule has 1 N–H and O–H groups in total. The number of thioether (sulfide) groups is 1. The zero-order valence-electron chi connectivity index (χ0n) is 11.3. The van der Waals surface area contributed by atoms with Crippen LogP contribution in [0.4, 0.5) is 0 Å². The van der Waals surface area contributed by atoms with E-state index in [1.165, 1.54) is 23.1 Å². The summed E-state index contributed by atoms with van der Waals surface area (Å²) in [5, 5.41) is 8.95. The SMILES string of the molecule is CCOC(CCSc1nc(C)c(C(=O)O)s1)OCC. The van der Waals surface area contributed by atoms with E-state index >= 15 is 0 Å². The number of thiazole rings is 1. The highest BCUT2D eigenvalue weighted by Crippen LogP contribution is 2.28. The van der Waals surface area contributed by atoms with Crippen molar-refractivity contribution in [3.8, 4) is 0 Å². The monoisotopic (exact) mass is 305 g/mol. The van der Waals surface area contributed by atoms with E-state index in [-0.39, 0.29) is 6.29 Å². The minimum absolute atomic E-state index is 0.192. The van der Waals surface area contributed by atoms with Gasteiger partial charge < -0.3 is 14.6 Å². The van der Waals surface area contributed by atoms with Crippen LogP contribution >= 0.6 is 23.1 Å². The highest BCUT2D eigenvalue weighted by Gasteiger charge is 2.15. The molecule has 1 aromatic heterocycles. The van der Waals surface area contributed by atoms with Crippen molar-refractivity contribution in [3.63, 3.8) is 0 Å². The highest BCUT2D eigenvalue weighted by atomic mass is 32.2. The number of nitrogens with zero attached hydrogens (tertiary/aromatic N) is 1. The lowest BCUT2D eigenvalue weighted by molar-refractivity contribution is -0.136. The van der Waals surface area contributed by atoms with Crippen LogP contribution in [0.1, 0.15) is 35.6 Å². The number of ether oxygens (including phenoxy) is 2. The Balaban J connectivity index is 2.43. The molecule has 1 rings (SSSR count). The molecule has 1 heterocycles. The second-order valence-electron chi connectivity index (χ2n) is 3.68. The van der Waals surface area contributed by atoms with Gasteiger partial charge in [-0.25, -0.2) is 9.78 Å². The van der Waals surface area contributed by atoms with Crippen LogP contribution in [-0.2, 0) is 9.47 Å². The number of rotatable bonds is 9. The summed E-state index contributed by atoms with van der Waals surface area (Å²) >= 11 is 2.75. The van der Waals surface area contributed by atoms with Crippen LogP contribution in [0.25, 0.3) is 0 Å². The van der Waals surface area contributed by atoms with Crippen molar-refractivity contribution in [1.29, 1.82) is 0 Å². The van der Waals surface area contributed by atoms with Crippen molar-refractivity contribution in [2.24, 2.45) is 0 Å². The van der Waals surface area contributed by atoms with Gasteiger partial charge in [0.15, 0.2) is 10.6 Å². The zero-order chi connectivity index (χ0) is 14.3. The molecule has 0 radical (unpaired) electrons. The van der Waals surface area contributed by atoms with Gasteiger partial charge in [0.25, 0.3) is 0 Å². The maximum atomic E-state index is 10.9. The minimum Gasteiger partial charge on any atom is -0.477 e. The molecule has 5 nitrogen and oxygen atoms in total. The summed E-state index contributed by atoms with van der Waals surface area (Å²) in [6, 6.07) is 0. The first-order chi connectivity index (χ1) is 9.08. The van der Waals surface area contributed by atoms with E-state index in [1.807, 2.05) is 13.8 Å². The first-order valence-electron chi connectivity index (χ1n) is 6.15. The predicted molar refractivity (Wildman–Crippen MR) is 76.2 cm³/mol. The predicted octanol–water partition coefficient (Wildman–Crippen LogP) is 3.03. The van der Waals surface area contributed by atoms with Gasteiger partial charge in [0, 0.05) is 25.4 Å². The third-order valence-corrected chi connectivity index (χ3v) is 4.58. The summed E-state index contributed by atoms with van der Waals surface area (Å²) < 4.78 is 11.7. The molecule has 1 aromatic rings. The van der Waals surface area contributed by atoms with Gasteiger partial charge >= 0.3 is 5.97 Å². The van der Waals surface area contributed by atoms with Crippen molar-refractivity contribution in [3.05, 3.63) is 10.6 Å². The average molecular weight is 305 g/mol. The Hall–Kier alpha value is -0.630. The van der Waals surface area contributed by atoms with Crippen LogP contribution in [0.15, 0.2) is 4.34 Å². The normalized spacial score (nSPS) is 11.2. The fourth-order valence-corrected chi connectivity index (χ4v) is 3.52. The lowest BCUT2D eigenvalue weighted by Gasteiger charge is -2.15. The van der Waals surface area contributed by atoms with Crippen LogP contribution in [0.5, 0.6) is 0 Å². The molecule has 0 amide bonds. The van der Waals surface area contributed by atoms with Gasteiger partial charge in [-0.2, -0.15) is 0 Å². The van der Waals surface area contributed by atoms with E-state index in [4.69, 9.17) is 14.6 Å². The summed E-state index contributed by atoms with van der Waals surface area (Å²) in [6.45, 7) is 6.82. The lowest BCUT2D eigenvalue weighted by Crippen LogP contribution is -2.18. The first kappa shape index (κ1) is 16.4. The van der Waals surface area contributed by atoms with E-state index in [9.17, 15) is 4.79 Å². The maximum absolute atomic E-state index is 10.9. The van der Waals surface area contributed by atoms with E-state index in [1.54, 1.807) is 6.92 Å². The summed E-state index contributed by atoms with van der Waals surface area (Å²) in [7, 11) is 0. The molecule has 0 aliphatic carbocycles. The number of carbonyl (C=O) groups is 1. The van der Waals surface area contributed by atoms with E-state index in [2.05, 4.69) is 4.98 Å². The standard InChI is InChI=1S/C12H19NO4S2/c1-4-16-9(17-5-2)6-7-18-12-13-8(3)10(19-12)11(14)15/h9H,4-7H2,1-3H3,(H,14,15). The molecule has 108 valence electrons. The summed E-state index contributed by atoms with van der Waals surface area (Å²) in [6.07, 6.45) is 0.565. The third-order valence-electron chi connectivity index (χ3n) is 2.26. The van der Waals surface area contributed by atoms with Crippen molar-refractivity contribution >= 4 is 29.1 Å².